The normalized spacial score (nSPS) is 7.00. The predicted molar refractivity (Wildman–Crippen MR) is 23.6 cm³/mol. The van der Waals surface area contributed by atoms with Crippen LogP contribution in [-0.2, 0) is 16.5 Å². The molecule has 0 spiro atoms. The van der Waals surface area contributed by atoms with Gasteiger partial charge in [0.2, 0.25) is 0 Å². The van der Waals surface area contributed by atoms with Gasteiger partial charge in [-0.2, -0.15) is 0 Å². The third-order valence-corrected chi connectivity index (χ3v) is 0.354. The largest absolute Gasteiger partial charge is 2.00 e. The van der Waals surface area contributed by atoms with Crippen molar-refractivity contribution < 1.29 is 16.5 Å². The molecule has 0 radical (unpaired) electrons. The van der Waals surface area contributed by atoms with E-state index >= 15 is 0 Å². The van der Waals surface area contributed by atoms with E-state index in [0.29, 0.717) is 0 Å². The maximum atomic E-state index is 3.52. The first-order valence-electron chi connectivity index (χ1n) is 1.71. The van der Waals surface area contributed by atoms with Gasteiger partial charge in [0, 0.05) is 0 Å². The summed E-state index contributed by atoms with van der Waals surface area (Å²) in [6.07, 6.45) is 0. The third kappa shape index (κ3) is 8.82. The van der Waals surface area contributed by atoms with E-state index in [1.807, 2.05) is 0 Å². The minimum Gasteiger partial charge on any atom is -0.376 e. The zero-order valence-corrected chi connectivity index (χ0v) is 4.63. The van der Waals surface area contributed by atoms with Crippen LogP contribution >= 0.6 is 0 Å². The van der Waals surface area contributed by atoms with Crippen LogP contribution in [0.1, 0.15) is 0 Å². The molecular formula is C4H9NNi. The van der Waals surface area contributed by atoms with E-state index in [-0.39, 0.29) is 16.5 Å². The summed E-state index contributed by atoms with van der Waals surface area (Å²) in [5.74, 6) is 0. The summed E-state index contributed by atoms with van der Waals surface area (Å²) in [6, 6.07) is 0. The molecule has 0 aliphatic rings. The Hall–Kier alpha value is 0.454. The van der Waals surface area contributed by atoms with Crippen LogP contribution in [0.25, 0.3) is 0 Å². The standard InChI is InChI=1S/C4H9N.Ni/c1-3-5-4-2;/h5H,1-4H2;/q-2;+2. The molecule has 1 N–H and O–H groups in total. The molecule has 0 aliphatic carbocycles. The van der Waals surface area contributed by atoms with Crippen molar-refractivity contribution in [1.29, 1.82) is 0 Å². The van der Waals surface area contributed by atoms with Crippen LogP contribution in [0.4, 0.5) is 0 Å². The Labute approximate surface area is 49.4 Å². The number of rotatable bonds is 2. The maximum Gasteiger partial charge on any atom is 2.00 e. The molecule has 0 aromatic carbocycles. The molecule has 0 atom stereocenters. The molecule has 6 heavy (non-hydrogen) atoms. The van der Waals surface area contributed by atoms with Gasteiger partial charge < -0.3 is 19.2 Å². The van der Waals surface area contributed by atoms with E-state index in [1.54, 1.807) is 0 Å². The van der Waals surface area contributed by atoms with E-state index in [1.165, 1.54) is 0 Å². The number of nitrogens with one attached hydrogen (secondary N) is 1. The van der Waals surface area contributed by atoms with Crippen molar-refractivity contribution in [2.24, 2.45) is 0 Å². The number of hydrogen-bond donors (Lipinski definition) is 1. The average molecular weight is 130 g/mol. The topological polar surface area (TPSA) is 12.0 Å². The van der Waals surface area contributed by atoms with E-state index in [9.17, 15) is 0 Å². The fourth-order valence-electron chi connectivity index (χ4n) is 0.125. The van der Waals surface area contributed by atoms with Crippen molar-refractivity contribution in [3.05, 3.63) is 13.8 Å². The quantitative estimate of drug-likeness (QED) is 0.417. The molecule has 0 heterocycles. The fraction of sp³-hybridized carbons (Fsp3) is 0.500. The molecule has 40 valence electrons. The number of hydrogen-bond acceptors (Lipinski definition) is 1. The first-order valence-corrected chi connectivity index (χ1v) is 1.71. The Bertz CT molecular complexity index is 15.0. The molecule has 0 unspecified atom stereocenters. The van der Waals surface area contributed by atoms with Gasteiger partial charge in [-0.3, -0.25) is 0 Å². The average Bonchev–Trinajstić information content (AvgIpc) is 1.41. The smallest absolute Gasteiger partial charge is 0.376 e. The monoisotopic (exact) mass is 129 g/mol. The molecule has 0 aromatic rings. The van der Waals surface area contributed by atoms with Crippen LogP contribution in [0.5, 0.6) is 0 Å². The van der Waals surface area contributed by atoms with Crippen LogP contribution in [0, 0.1) is 13.8 Å². The molecule has 0 fully saturated rings. The van der Waals surface area contributed by atoms with Crippen molar-refractivity contribution in [2.75, 3.05) is 13.1 Å². The van der Waals surface area contributed by atoms with Gasteiger partial charge in [-0.05, 0) is 0 Å². The van der Waals surface area contributed by atoms with E-state index in [2.05, 4.69) is 19.2 Å². The molecular weight excluding hydrogens is 121 g/mol. The van der Waals surface area contributed by atoms with Crippen LogP contribution in [-0.4, -0.2) is 13.1 Å². The third-order valence-electron chi connectivity index (χ3n) is 0.354. The van der Waals surface area contributed by atoms with Gasteiger partial charge in [0.15, 0.2) is 0 Å². The summed E-state index contributed by atoms with van der Waals surface area (Å²) in [6.45, 7) is 8.61. The Balaban J connectivity index is 0. The molecule has 0 rings (SSSR count). The molecule has 0 aromatic heterocycles. The Morgan fingerprint density at radius 1 is 1.17 bits per heavy atom. The molecule has 0 saturated heterocycles. The van der Waals surface area contributed by atoms with Gasteiger partial charge in [0.1, 0.15) is 0 Å². The van der Waals surface area contributed by atoms with Crippen molar-refractivity contribution >= 4 is 0 Å². The summed E-state index contributed by atoms with van der Waals surface area (Å²) in [5.41, 5.74) is 0. The second-order valence-corrected chi connectivity index (χ2v) is 0.750. The van der Waals surface area contributed by atoms with Crippen molar-refractivity contribution in [1.82, 2.24) is 5.32 Å². The van der Waals surface area contributed by atoms with E-state index < -0.39 is 0 Å². The van der Waals surface area contributed by atoms with E-state index in [4.69, 9.17) is 0 Å². The zero-order valence-electron chi connectivity index (χ0n) is 3.64. The summed E-state index contributed by atoms with van der Waals surface area (Å²) in [7, 11) is 0. The fourth-order valence-corrected chi connectivity index (χ4v) is 0.125. The van der Waals surface area contributed by atoms with Crippen molar-refractivity contribution in [2.45, 2.75) is 0 Å². The summed E-state index contributed by atoms with van der Waals surface area (Å²) >= 11 is 0. The summed E-state index contributed by atoms with van der Waals surface area (Å²) < 4.78 is 0. The van der Waals surface area contributed by atoms with Crippen molar-refractivity contribution in [3.8, 4) is 0 Å². The van der Waals surface area contributed by atoms with Crippen molar-refractivity contribution in [3.63, 3.8) is 0 Å². The summed E-state index contributed by atoms with van der Waals surface area (Å²) in [5, 5.41) is 2.89. The Morgan fingerprint density at radius 2 is 1.50 bits per heavy atom. The van der Waals surface area contributed by atoms with Crippen LogP contribution in [0.2, 0.25) is 0 Å². The van der Waals surface area contributed by atoms with Gasteiger partial charge in [-0.1, -0.05) is 0 Å². The predicted octanol–water partition coefficient (Wildman–Crippen LogP) is 0.242. The van der Waals surface area contributed by atoms with Gasteiger partial charge in [-0.15, -0.1) is 13.1 Å². The van der Waals surface area contributed by atoms with Gasteiger partial charge in [-0.25, -0.2) is 0 Å². The second kappa shape index (κ2) is 9.07. The minimum absolute atomic E-state index is 0. The van der Waals surface area contributed by atoms with Crippen LogP contribution < -0.4 is 5.32 Å². The van der Waals surface area contributed by atoms with Crippen LogP contribution in [0.15, 0.2) is 0 Å². The SMILES string of the molecule is [CH2-]CNC[CH2-].[Ni+2]. The Morgan fingerprint density at radius 3 is 1.50 bits per heavy atom. The van der Waals surface area contributed by atoms with E-state index in [0.717, 1.165) is 13.1 Å². The maximum absolute atomic E-state index is 3.52. The minimum atomic E-state index is 0. The molecule has 1 nitrogen and oxygen atoms in total. The van der Waals surface area contributed by atoms with Gasteiger partial charge in [0.05, 0.1) is 0 Å². The Kier molecular flexibility index (Phi) is 14.6. The molecule has 2 heteroatoms. The second-order valence-electron chi connectivity index (χ2n) is 0.750. The van der Waals surface area contributed by atoms with Crippen LogP contribution in [0.3, 0.4) is 0 Å². The van der Waals surface area contributed by atoms with Gasteiger partial charge in [0.25, 0.3) is 0 Å². The molecule has 0 aliphatic heterocycles. The zero-order chi connectivity index (χ0) is 4.12. The molecule has 0 amide bonds. The van der Waals surface area contributed by atoms with Gasteiger partial charge >= 0.3 is 16.5 Å². The molecule has 0 bridgehead atoms. The first kappa shape index (κ1) is 9.68. The molecule has 0 saturated carbocycles. The summed E-state index contributed by atoms with van der Waals surface area (Å²) in [4.78, 5) is 0. The first-order chi connectivity index (χ1) is 2.41.